The Morgan fingerprint density at radius 2 is 2.29 bits per heavy atom. The fourth-order valence-corrected chi connectivity index (χ4v) is 1.59. The molecular weight excluding hydrogens is 172 g/mol. The Morgan fingerprint density at radius 1 is 1.36 bits per heavy atom. The first kappa shape index (κ1) is 9.66. The average molecular weight is 190 g/mol. The smallest absolute Gasteiger partial charge is 0.0299 e. The fourth-order valence-electron chi connectivity index (χ4n) is 1.59. The van der Waals surface area contributed by atoms with Gasteiger partial charge in [-0.05, 0) is 50.3 Å². The minimum Gasteiger partial charge on any atom is -0.314 e. The van der Waals surface area contributed by atoms with Crippen LogP contribution in [0.15, 0.2) is 24.5 Å². The van der Waals surface area contributed by atoms with Crippen LogP contribution in [0, 0.1) is 0 Å². The predicted molar refractivity (Wildman–Crippen MR) is 58.2 cm³/mol. The van der Waals surface area contributed by atoms with Crippen molar-refractivity contribution >= 4 is 0 Å². The van der Waals surface area contributed by atoms with Crippen molar-refractivity contribution in [3.8, 4) is 0 Å². The first-order chi connectivity index (χ1) is 6.95. The number of pyridine rings is 1. The Balaban J connectivity index is 1.54. The molecule has 0 aromatic carbocycles. The summed E-state index contributed by atoms with van der Waals surface area (Å²) in [6.07, 6.45) is 10.3. The van der Waals surface area contributed by atoms with Crippen LogP contribution in [0.3, 0.4) is 0 Å². The lowest BCUT2D eigenvalue weighted by molar-refractivity contribution is 0.619. The molecule has 1 aromatic rings. The van der Waals surface area contributed by atoms with E-state index in [9.17, 15) is 0 Å². The molecule has 0 amide bonds. The van der Waals surface area contributed by atoms with Crippen molar-refractivity contribution in [1.29, 1.82) is 0 Å². The van der Waals surface area contributed by atoms with Crippen LogP contribution in [0.4, 0.5) is 0 Å². The molecule has 1 saturated carbocycles. The lowest BCUT2D eigenvalue weighted by Crippen LogP contribution is -2.17. The number of hydrogen-bond acceptors (Lipinski definition) is 2. The van der Waals surface area contributed by atoms with E-state index in [0.717, 1.165) is 6.04 Å². The molecule has 1 aliphatic rings. The zero-order chi connectivity index (χ0) is 9.64. The van der Waals surface area contributed by atoms with E-state index in [0.29, 0.717) is 0 Å². The maximum Gasteiger partial charge on any atom is 0.0299 e. The summed E-state index contributed by atoms with van der Waals surface area (Å²) >= 11 is 0. The molecule has 76 valence electrons. The molecule has 0 aliphatic heterocycles. The number of nitrogens with one attached hydrogen (secondary N) is 1. The Bertz CT molecular complexity index is 254. The van der Waals surface area contributed by atoms with Crippen molar-refractivity contribution < 1.29 is 0 Å². The second-order valence-corrected chi connectivity index (χ2v) is 4.05. The van der Waals surface area contributed by atoms with Crippen molar-refractivity contribution in [2.75, 3.05) is 6.54 Å². The van der Waals surface area contributed by atoms with Crippen molar-refractivity contribution in [3.05, 3.63) is 30.1 Å². The molecule has 2 heteroatoms. The van der Waals surface area contributed by atoms with Gasteiger partial charge in [0, 0.05) is 18.4 Å². The minimum absolute atomic E-state index is 0.855. The molecule has 2 nitrogen and oxygen atoms in total. The van der Waals surface area contributed by atoms with Gasteiger partial charge in [0.2, 0.25) is 0 Å². The summed E-state index contributed by atoms with van der Waals surface area (Å²) in [6, 6.07) is 5.02. The van der Waals surface area contributed by atoms with Crippen LogP contribution in [0.5, 0.6) is 0 Å². The van der Waals surface area contributed by atoms with Gasteiger partial charge < -0.3 is 5.32 Å². The van der Waals surface area contributed by atoms with Crippen molar-refractivity contribution in [3.63, 3.8) is 0 Å². The van der Waals surface area contributed by atoms with Crippen LogP contribution in [-0.4, -0.2) is 17.6 Å². The van der Waals surface area contributed by atoms with Crippen molar-refractivity contribution in [1.82, 2.24) is 10.3 Å². The van der Waals surface area contributed by atoms with Gasteiger partial charge in [0.25, 0.3) is 0 Å². The van der Waals surface area contributed by atoms with Gasteiger partial charge in [0.1, 0.15) is 0 Å². The summed E-state index contributed by atoms with van der Waals surface area (Å²) in [5, 5.41) is 3.53. The third-order valence-electron chi connectivity index (χ3n) is 2.63. The lowest BCUT2D eigenvalue weighted by Gasteiger charge is -2.02. The van der Waals surface area contributed by atoms with Gasteiger partial charge in [-0.15, -0.1) is 0 Å². The third-order valence-corrected chi connectivity index (χ3v) is 2.63. The Labute approximate surface area is 85.7 Å². The van der Waals surface area contributed by atoms with E-state index >= 15 is 0 Å². The molecule has 2 rings (SSSR count). The topological polar surface area (TPSA) is 24.9 Å². The van der Waals surface area contributed by atoms with E-state index in [2.05, 4.69) is 16.4 Å². The fraction of sp³-hybridized carbons (Fsp3) is 0.583. The maximum absolute atomic E-state index is 4.11. The van der Waals surface area contributed by atoms with E-state index in [1.54, 1.807) is 0 Å². The predicted octanol–water partition coefficient (Wildman–Crippen LogP) is 2.16. The van der Waals surface area contributed by atoms with Crippen LogP contribution in [-0.2, 0) is 6.42 Å². The summed E-state index contributed by atoms with van der Waals surface area (Å²) in [4.78, 5) is 4.11. The second kappa shape index (κ2) is 5.11. The van der Waals surface area contributed by atoms with E-state index in [4.69, 9.17) is 0 Å². The number of unbranched alkanes of at least 4 members (excludes halogenated alkanes) is 1. The van der Waals surface area contributed by atoms with Gasteiger partial charge in [-0.3, -0.25) is 4.98 Å². The molecule has 0 spiro atoms. The van der Waals surface area contributed by atoms with Crippen LogP contribution < -0.4 is 5.32 Å². The molecular formula is C12H18N2. The molecule has 1 heterocycles. The van der Waals surface area contributed by atoms with E-state index in [1.165, 1.54) is 44.2 Å². The van der Waals surface area contributed by atoms with Crippen LogP contribution in [0.1, 0.15) is 31.2 Å². The van der Waals surface area contributed by atoms with Crippen LogP contribution in [0.25, 0.3) is 0 Å². The first-order valence-corrected chi connectivity index (χ1v) is 5.57. The van der Waals surface area contributed by atoms with Gasteiger partial charge in [0.05, 0.1) is 0 Å². The zero-order valence-electron chi connectivity index (χ0n) is 8.58. The standard InChI is InChI=1S/C12H18N2/c1(2-9-14-12-6-7-12)4-11-5-3-8-13-10-11/h3,5,8,10,12,14H,1-2,4,6-7,9H2. The molecule has 0 saturated heterocycles. The zero-order valence-corrected chi connectivity index (χ0v) is 8.58. The molecule has 1 aromatic heterocycles. The van der Waals surface area contributed by atoms with Gasteiger partial charge in [0.15, 0.2) is 0 Å². The van der Waals surface area contributed by atoms with Crippen molar-refractivity contribution in [2.24, 2.45) is 0 Å². The first-order valence-electron chi connectivity index (χ1n) is 5.57. The van der Waals surface area contributed by atoms with E-state index < -0.39 is 0 Å². The molecule has 1 N–H and O–H groups in total. The minimum atomic E-state index is 0.855. The largest absolute Gasteiger partial charge is 0.314 e. The molecule has 1 fully saturated rings. The summed E-state index contributed by atoms with van der Waals surface area (Å²) in [5.74, 6) is 0. The van der Waals surface area contributed by atoms with Crippen molar-refractivity contribution in [2.45, 2.75) is 38.1 Å². The number of nitrogens with zero attached hydrogens (tertiary/aromatic N) is 1. The summed E-state index contributed by atoms with van der Waals surface area (Å²) in [7, 11) is 0. The number of aryl methyl sites for hydroxylation is 1. The monoisotopic (exact) mass is 190 g/mol. The molecule has 0 atom stereocenters. The van der Waals surface area contributed by atoms with E-state index in [1.807, 2.05) is 18.5 Å². The summed E-state index contributed by atoms with van der Waals surface area (Å²) in [5.41, 5.74) is 1.36. The van der Waals surface area contributed by atoms with E-state index in [-0.39, 0.29) is 0 Å². The highest BCUT2D eigenvalue weighted by atomic mass is 14.9. The second-order valence-electron chi connectivity index (χ2n) is 4.05. The van der Waals surface area contributed by atoms with Gasteiger partial charge >= 0.3 is 0 Å². The Morgan fingerprint density at radius 3 is 3.00 bits per heavy atom. The summed E-state index contributed by atoms with van der Waals surface area (Å²) < 4.78 is 0. The Kier molecular flexibility index (Phi) is 3.52. The maximum atomic E-state index is 4.11. The molecule has 0 bridgehead atoms. The molecule has 14 heavy (non-hydrogen) atoms. The number of aromatic nitrogens is 1. The normalized spacial score (nSPS) is 15.7. The quantitative estimate of drug-likeness (QED) is 0.695. The van der Waals surface area contributed by atoms with Gasteiger partial charge in [-0.25, -0.2) is 0 Å². The molecule has 0 radical (unpaired) electrons. The lowest BCUT2D eigenvalue weighted by atomic mass is 10.1. The molecule has 1 aliphatic carbocycles. The SMILES string of the molecule is c1cncc(CCCCNC2CC2)c1. The van der Waals surface area contributed by atoms with Crippen LogP contribution >= 0.6 is 0 Å². The highest BCUT2D eigenvalue weighted by molar-refractivity contribution is 5.08. The number of hydrogen-bond donors (Lipinski definition) is 1. The third kappa shape index (κ3) is 3.46. The van der Waals surface area contributed by atoms with Gasteiger partial charge in [-0.1, -0.05) is 6.07 Å². The highest BCUT2D eigenvalue weighted by Crippen LogP contribution is 2.18. The highest BCUT2D eigenvalue weighted by Gasteiger charge is 2.19. The van der Waals surface area contributed by atoms with Crippen LogP contribution in [0.2, 0.25) is 0 Å². The average Bonchev–Trinajstić information content (AvgIpc) is 3.03. The summed E-state index contributed by atoms with van der Waals surface area (Å²) in [6.45, 7) is 1.19. The Hall–Kier alpha value is -0.890. The number of rotatable bonds is 6. The van der Waals surface area contributed by atoms with Gasteiger partial charge in [-0.2, -0.15) is 0 Å². The molecule has 0 unspecified atom stereocenters.